The molecular weight excluding hydrogens is 280 g/mol. The zero-order valence-corrected chi connectivity index (χ0v) is 12.1. The highest BCUT2D eigenvalue weighted by molar-refractivity contribution is 6.06. The molecule has 0 saturated heterocycles. The van der Waals surface area contributed by atoms with E-state index in [1.807, 2.05) is 18.2 Å². The van der Waals surface area contributed by atoms with Crippen LogP contribution in [0, 0.1) is 0 Å². The molecule has 2 aromatic rings. The first-order chi connectivity index (χ1) is 10.6. The summed E-state index contributed by atoms with van der Waals surface area (Å²) in [6, 6.07) is 12.4. The number of para-hydroxylation sites is 1. The molecule has 0 saturated carbocycles. The Hall–Kier alpha value is -3.02. The average Bonchev–Trinajstić information content (AvgIpc) is 2.54. The maximum atomic E-state index is 11.8. The fraction of sp³-hybridized carbons (Fsp3) is 0.125. The molecule has 2 amide bonds. The van der Waals surface area contributed by atoms with Gasteiger partial charge in [-0.3, -0.25) is 14.6 Å². The topological polar surface area (TPSA) is 83.5 Å². The second kappa shape index (κ2) is 7.68. The number of nitrogens with zero attached hydrogens (tertiary/aromatic N) is 2. The van der Waals surface area contributed by atoms with Crippen molar-refractivity contribution in [2.24, 2.45) is 5.10 Å². The van der Waals surface area contributed by atoms with Gasteiger partial charge in [0.25, 0.3) is 5.91 Å². The smallest absolute Gasteiger partial charge is 0.272 e. The number of hydrogen-bond acceptors (Lipinski definition) is 4. The van der Waals surface area contributed by atoms with Gasteiger partial charge in [0.05, 0.1) is 12.0 Å². The van der Waals surface area contributed by atoms with Crippen LogP contribution in [-0.2, 0) is 4.79 Å². The molecule has 1 aromatic carbocycles. The molecule has 0 unspecified atom stereocenters. The Balaban J connectivity index is 1.85. The molecule has 6 nitrogen and oxygen atoms in total. The molecule has 2 rings (SSSR count). The predicted molar refractivity (Wildman–Crippen MR) is 84.5 cm³/mol. The van der Waals surface area contributed by atoms with Gasteiger partial charge in [-0.15, -0.1) is 0 Å². The van der Waals surface area contributed by atoms with Gasteiger partial charge in [-0.1, -0.05) is 18.2 Å². The number of anilines is 1. The minimum Gasteiger partial charge on any atom is -0.326 e. The second-order valence-corrected chi connectivity index (χ2v) is 4.62. The van der Waals surface area contributed by atoms with E-state index >= 15 is 0 Å². The third-order valence-electron chi connectivity index (χ3n) is 2.75. The molecule has 112 valence electrons. The van der Waals surface area contributed by atoms with Gasteiger partial charge in [-0.2, -0.15) is 5.10 Å². The summed E-state index contributed by atoms with van der Waals surface area (Å²) in [5.41, 5.74) is 4.03. The van der Waals surface area contributed by atoms with E-state index in [-0.39, 0.29) is 18.2 Å². The lowest BCUT2D eigenvalue weighted by Gasteiger charge is -2.05. The number of benzene rings is 1. The van der Waals surface area contributed by atoms with Crippen LogP contribution < -0.4 is 10.7 Å². The van der Waals surface area contributed by atoms with Gasteiger partial charge in [0, 0.05) is 23.8 Å². The van der Waals surface area contributed by atoms with Crippen LogP contribution >= 0.6 is 0 Å². The molecule has 1 heterocycles. The first-order valence-electron chi connectivity index (χ1n) is 6.73. The van der Waals surface area contributed by atoms with E-state index in [4.69, 9.17) is 0 Å². The Morgan fingerprint density at radius 3 is 2.59 bits per heavy atom. The normalized spacial score (nSPS) is 10.9. The van der Waals surface area contributed by atoms with E-state index in [0.29, 0.717) is 11.3 Å². The number of rotatable bonds is 5. The standard InChI is InChI=1S/C16H16N4O2/c1-12(10-15(21)18-14-7-3-2-4-8-14)19-20-16(22)13-6-5-9-17-11-13/h2-9,11H,10H2,1H3,(H,18,21)(H,20,22)/b19-12+. The van der Waals surface area contributed by atoms with Crippen molar-refractivity contribution in [3.63, 3.8) is 0 Å². The summed E-state index contributed by atoms with van der Waals surface area (Å²) in [5.74, 6) is -0.556. The molecule has 1 aromatic heterocycles. The molecular formula is C16H16N4O2. The van der Waals surface area contributed by atoms with E-state index < -0.39 is 0 Å². The van der Waals surface area contributed by atoms with Crippen molar-refractivity contribution in [2.45, 2.75) is 13.3 Å². The Morgan fingerprint density at radius 1 is 1.14 bits per heavy atom. The van der Waals surface area contributed by atoms with Crippen molar-refractivity contribution >= 4 is 23.2 Å². The van der Waals surface area contributed by atoms with Gasteiger partial charge < -0.3 is 5.32 Å². The molecule has 2 N–H and O–H groups in total. The quantitative estimate of drug-likeness (QED) is 0.655. The average molecular weight is 296 g/mol. The van der Waals surface area contributed by atoms with Crippen molar-refractivity contribution in [1.82, 2.24) is 10.4 Å². The Labute approximate surface area is 128 Å². The predicted octanol–water partition coefficient (Wildman–Crippen LogP) is 2.22. The lowest BCUT2D eigenvalue weighted by atomic mass is 10.2. The molecule has 6 heteroatoms. The molecule has 0 spiro atoms. The largest absolute Gasteiger partial charge is 0.326 e. The first kappa shape index (κ1) is 15.4. The number of carbonyl (C=O) groups excluding carboxylic acids is 2. The van der Waals surface area contributed by atoms with Crippen molar-refractivity contribution in [2.75, 3.05) is 5.32 Å². The van der Waals surface area contributed by atoms with E-state index in [9.17, 15) is 9.59 Å². The molecule has 0 aliphatic carbocycles. The van der Waals surface area contributed by atoms with Gasteiger partial charge in [0.1, 0.15) is 0 Å². The number of amides is 2. The lowest BCUT2D eigenvalue weighted by molar-refractivity contribution is -0.115. The van der Waals surface area contributed by atoms with Gasteiger partial charge in [-0.25, -0.2) is 5.43 Å². The summed E-state index contributed by atoms with van der Waals surface area (Å²) in [4.78, 5) is 27.4. The second-order valence-electron chi connectivity index (χ2n) is 4.62. The monoisotopic (exact) mass is 296 g/mol. The molecule has 0 aliphatic heterocycles. The molecule has 0 aliphatic rings. The van der Waals surface area contributed by atoms with Crippen LogP contribution in [0.1, 0.15) is 23.7 Å². The number of nitrogens with one attached hydrogen (secondary N) is 2. The highest BCUT2D eigenvalue weighted by Gasteiger charge is 2.06. The fourth-order valence-electron chi connectivity index (χ4n) is 1.71. The molecule has 0 radical (unpaired) electrons. The third kappa shape index (κ3) is 4.82. The number of pyridine rings is 1. The Morgan fingerprint density at radius 2 is 1.91 bits per heavy atom. The summed E-state index contributed by atoms with van der Waals surface area (Å²) >= 11 is 0. The van der Waals surface area contributed by atoms with Crippen molar-refractivity contribution in [3.8, 4) is 0 Å². The van der Waals surface area contributed by atoms with Crippen molar-refractivity contribution in [3.05, 3.63) is 60.4 Å². The molecule has 0 bridgehead atoms. The molecule has 0 atom stereocenters. The summed E-state index contributed by atoms with van der Waals surface area (Å²) in [6.07, 6.45) is 3.13. The summed E-state index contributed by atoms with van der Waals surface area (Å²) < 4.78 is 0. The SMILES string of the molecule is C/C(CC(=O)Nc1ccccc1)=N\NC(=O)c1cccnc1. The Bertz CT molecular complexity index is 669. The fourth-order valence-corrected chi connectivity index (χ4v) is 1.71. The summed E-state index contributed by atoms with van der Waals surface area (Å²) in [7, 11) is 0. The van der Waals surface area contributed by atoms with Gasteiger partial charge in [0.15, 0.2) is 0 Å². The van der Waals surface area contributed by atoms with Crippen LogP contribution in [0.4, 0.5) is 5.69 Å². The van der Waals surface area contributed by atoms with E-state index in [1.165, 1.54) is 6.20 Å². The van der Waals surface area contributed by atoms with Gasteiger partial charge >= 0.3 is 0 Å². The van der Waals surface area contributed by atoms with Crippen molar-refractivity contribution < 1.29 is 9.59 Å². The number of hydrazone groups is 1. The van der Waals surface area contributed by atoms with Crippen LogP contribution in [0.2, 0.25) is 0 Å². The number of carbonyl (C=O) groups is 2. The lowest BCUT2D eigenvalue weighted by Crippen LogP contribution is -2.21. The summed E-state index contributed by atoms with van der Waals surface area (Å²) in [6.45, 7) is 1.67. The van der Waals surface area contributed by atoms with Crippen molar-refractivity contribution in [1.29, 1.82) is 0 Å². The van der Waals surface area contributed by atoms with Gasteiger partial charge in [0.2, 0.25) is 5.91 Å². The minimum atomic E-state index is -0.365. The van der Waals surface area contributed by atoms with Crippen LogP contribution in [0.5, 0.6) is 0 Å². The van der Waals surface area contributed by atoms with Crippen LogP contribution in [0.25, 0.3) is 0 Å². The zero-order valence-electron chi connectivity index (χ0n) is 12.1. The van der Waals surface area contributed by atoms with E-state index in [0.717, 1.165) is 5.69 Å². The zero-order chi connectivity index (χ0) is 15.8. The van der Waals surface area contributed by atoms with Crippen LogP contribution in [-0.4, -0.2) is 22.5 Å². The first-order valence-corrected chi connectivity index (χ1v) is 6.73. The maximum absolute atomic E-state index is 11.8. The number of aromatic nitrogens is 1. The highest BCUT2D eigenvalue weighted by Crippen LogP contribution is 2.05. The number of hydrogen-bond donors (Lipinski definition) is 2. The minimum absolute atomic E-state index is 0.0994. The van der Waals surface area contributed by atoms with Gasteiger partial charge in [-0.05, 0) is 31.2 Å². The van der Waals surface area contributed by atoms with E-state index in [1.54, 1.807) is 37.4 Å². The maximum Gasteiger partial charge on any atom is 0.272 e. The van der Waals surface area contributed by atoms with Crippen LogP contribution in [0.3, 0.4) is 0 Å². The molecule has 22 heavy (non-hydrogen) atoms. The molecule has 0 fully saturated rings. The van der Waals surface area contributed by atoms with Crippen LogP contribution in [0.15, 0.2) is 60.0 Å². The van der Waals surface area contributed by atoms with E-state index in [2.05, 4.69) is 20.8 Å². The Kier molecular flexibility index (Phi) is 5.37. The summed E-state index contributed by atoms with van der Waals surface area (Å²) in [5, 5.41) is 6.66. The third-order valence-corrected chi connectivity index (χ3v) is 2.75. The highest BCUT2D eigenvalue weighted by atomic mass is 16.2.